The molecule has 1 aromatic rings. The fourth-order valence-corrected chi connectivity index (χ4v) is 1.48. The average molecular weight is 235 g/mol. The van der Waals surface area contributed by atoms with Crippen molar-refractivity contribution in [2.45, 2.75) is 20.0 Å². The van der Waals surface area contributed by atoms with Gasteiger partial charge in [0.15, 0.2) is 5.12 Å². The van der Waals surface area contributed by atoms with Crippen LogP contribution >= 0.6 is 11.8 Å². The van der Waals surface area contributed by atoms with Crippen LogP contribution in [0.1, 0.15) is 24.6 Å². The van der Waals surface area contributed by atoms with Crippen molar-refractivity contribution in [1.82, 2.24) is 4.98 Å². The zero-order chi connectivity index (χ0) is 11.8. The third-order valence-corrected chi connectivity index (χ3v) is 2.57. The fraction of sp³-hybridized carbons (Fsp3) is 0.333. The topological polar surface area (TPSA) is 50.2 Å². The molecule has 0 unspecified atom stereocenters. The Labute approximate surface area is 99.3 Å². The Hall–Kier alpha value is -1.31. The number of pyridine rings is 1. The molecule has 0 amide bonds. The number of rotatable bonds is 3. The van der Waals surface area contributed by atoms with Crippen LogP contribution in [0.5, 0.6) is 0 Å². The van der Waals surface area contributed by atoms with E-state index in [0.29, 0.717) is 12.1 Å². The van der Waals surface area contributed by atoms with Crippen molar-refractivity contribution in [1.29, 1.82) is 0 Å². The van der Waals surface area contributed by atoms with Crippen LogP contribution in [0.2, 0.25) is 0 Å². The van der Waals surface area contributed by atoms with Crippen LogP contribution in [0.3, 0.4) is 0 Å². The largest absolute Gasteiger partial charge is 0.392 e. The zero-order valence-corrected chi connectivity index (χ0v) is 9.88. The molecule has 0 aliphatic heterocycles. The third kappa shape index (κ3) is 4.96. The average Bonchev–Trinajstić information content (AvgIpc) is 2.29. The lowest BCUT2D eigenvalue weighted by molar-refractivity contribution is -0.109. The lowest BCUT2D eigenvalue weighted by Crippen LogP contribution is -1.87. The maximum Gasteiger partial charge on any atom is 0.185 e. The lowest BCUT2D eigenvalue weighted by Gasteiger charge is -1.93. The van der Waals surface area contributed by atoms with Gasteiger partial charge in [-0.15, -0.1) is 0 Å². The predicted octanol–water partition coefficient (Wildman–Crippen LogP) is 1.60. The van der Waals surface area contributed by atoms with Crippen LogP contribution < -0.4 is 0 Å². The molecule has 0 bridgehead atoms. The molecule has 0 saturated carbocycles. The lowest BCUT2D eigenvalue weighted by atomic mass is 10.2. The Balaban J connectivity index is 2.41. The first-order valence-corrected chi connectivity index (χ1v) is 5.89. The first-order chi connectivity index (χ1) is 7.72. The molecule has 1 aromatic heterocycles. The van der Waals surface area contributed by atoms with E-state index < -0.39 is 0 Å². The molecule has 0 saturated heterocycles. The van der Waals surface area contributed by atoms with Gasteiger partial charge in [-0.05, 0) is 17.6 Å². The van der Waals surface area contributed by atoms with Crippen molar-refractivity contribution < 1.29 is 9.90 Å². The van der Waals surface area contributed by atoms with Gasteiger partial charge in [0.25, 0.3) is 0 Å². The molecule has 0 fully saturated rings. The van der Waals surface area contributed by atoms with Gasteiger partial charge < -0.3 is 5.11 Å². The second kappa shape index (κ2) is 7.04. The number of aromatic nitrogens is 1. The van der Waals surface area contributed by atoms with E-state index in [-0.39, 0.29) is 11.7 Å². The standard InChI is InChI=1S/C12H13NO2S/c1-10(15)16-7-3-2-4-12-6-5-11(9-14)8-13-12/h5-6,8,14H,3,7,9H2,1H3. The van der Waals surface area contributed by atoms with Gasteiger partial charge in [-0.3, -0.25) is 4.79 Å². The number of hydrogen-bond donors (Lipinski definition) is 1. The van der Waals surface area contributed by atoms with Gasteiger partial charge in [-0.1, -0.05) is 23.7 Å². The minimum Gasteiger partial charge on any atom is -0.392 e. The van der Waals surface area contributed by atoms with Gasteiger partial charge in [-0.2, -0.15) is 0 Å². The van der Waals surface area contributed by atoms with Crippen LogP contribution in [-0.2, 0) is 11.4 Å². The highest BCUT2D eigenvalue weighted by Gasteiger charge is 1.92. The summed E-state index contributed by atoms with van der Waals surface area (Å²) < 4.78 is 0. The summed E-state index contributed by atoms with van der Waals surface area (Å²) in [5.41, 5.74) is 1.46. The summed E-state index contributed by atoms with van der Waals surface area (Å²) in [6.07, 6.45) is 2.28. The minimum atomic E-state index is -0.00401. The Bertz CT molecular complexity index is 403. The zero-order valence-electron chi connectivity index (χ0n) is 9.06. The predicted molar refractivity (Wildman–Crippen MR) is 64.8 cm³/mol. The summed E-state index contributed by atoms with van der Waals surface area (Å²) in [7, 11) is 0. The van der Waals surface area contributed by atoms with E-state index in [1.807, 2.05) is 0 Å². The number of hydrogen-bond acceptors (Lipinski definition) is 4. The van der Waals surface area contributed by atoms with E-state index in [1.54, 1.807) is 25.3 Å². The smallest absolute Gasteiger partial charge is 0.185 e. The second-order valence-electron chi connectivity index (χ2n) is 3.10. The van der Waals surface area contributed by atoms with E-state index in [1.165, 1.54) is 11.8 Å². The monoisotopic (exact) mass is 235 g/mol. The number of carbonyl (C=O) groups is 1. The molecule has 1 rings (SSSR count). The van der Waals surface area contributed by atoms with Crippen molar-refractivity contribution in [3.63, 3.8) is 0 Å². The Kier molecular flexibility index (Phi) is 5.62. The maximum atomic E-state index is 10.6. The van der Waals surface area contributed by atoms with Crippen molar-refractivity contribution >= 4 is 16.9 Å². The summed E-state index contributed by atoms with van der Waals surface area (Å²) in [6, 6.07) is 3.57. The molecular formula is C12H13NO2S. The van der Waals surface area contributed by atoms with Gasteiger partial charge in [0.05, 0.1) is 6.61 Å². The highest BCUT2D eigenvalue weighted by atomic mass is 32.2. The molecule has 0 atom stereocenters. The van der Waals surface area contributed by atoms with Crippen molar-refractivity contribution in [3.8, 4) is 11.8 Å². The van der Waals surface area contributed by atoms with Crippen molar-refractivity contribution in [2.24, 2.45) is 0 Å². The van der Waals surface area contributed by atoms with Gasteiger partial charge in [0.1, 0.15) is 5.69 Å². The maximum absolute atomic E-state index is 10.6. The first-order valence-electron chi connectivity index (χ1n) is 4.90. The number of aliphatic hydroxyl groups is 1. The van der Waals surface area contributed by atoms with Crippen molar-refractivity contribution in [2.75, 3.05) is 5.75 Å². The molecule has 0 radical (unpaired) electrons. The van der Waals surface area contributed by atoms with E-state index in [2.05, 4.69) is 16.8 Å². The molecule has 3 nitrogen and oxygen atoms in total. The van der Waals surface area contributed by atoms with Crippen LogP contribution in [0.15, 0.2) is 18.3 Å². The molecule has 0 spiro atoms. The van der Waals surface area contributed by atoms with E-state index >= 15 is 0 Å². The Morgan fingerprint density at radius 2 is 2.38 bits per heavy atom. The molecule has 1 heterocycles. The highest BCUT2D eigenvalue weighted by molar-refractivity contribution is 8.13. The van der Waals surface area contributed by atoms with Crippen molar-refractivity contribution in [3.05, 3.63) is 29.6 Å². The van der Waals surface area contributed by atoms with Crippen LogP contribution in [0.4, 0.5) is 0 Å². The quantitative estimate of drug-likeness (QED) is 0.638. The highest BCUT2D eigenvalue weighted by Crippen LogP contribution is 2.02. The fourth-order valence-electron chi connectivity index (χ4n) is 0.991. The molecule has 4 heteroatoms. The SMILES string of the molecule is CC(=O)SCCC#Cc1ccc(CO)cn1. The van der Waals surface area contributed by atoms with Gasteiger partial charge in [0, 0.05) is 25.3 Å². The summed E-state index contributed by atoms with van der Waals surface area (Å²) >= 11 is 1.28. The summed E-state index contributed by atoms with van der Waals surface area (Å²) in [5, 5.41) is 8.93. The van der Waals surface area contributed by atoms with E-state index in [4.69, 9.17) is 5.11 Å². The van der Waals surface area contributed by atoms with E-state index in [9.17, 15) is 4.79 Å². The number of carbonyl (C=O) groups excluding carboxylic acids is 1. The third-order valence-electron chi connectivity index (χ3n) is 1.76. The second-order valence-corrected chi connectivity index (χ2v) is 4.37. The summed E-state index contributed by atoms with van der Waals surface area (Å²) in [5.74, 6) is 6.57. The van der Waals surface area contributed by atoms with Gasteiger partial charge >= 0.3 is 0 Å². The normalized spacial score (nSPS) is 9.38. The molecule has 16 heavy (non-hydrogen) atoms. The summed E-state index contributed by atoms with van der Waals surface area (Å²) in [6.45, 7) is 1.54. The Morgan fingerprint density at radius 3 is 2.94 bits per heavy atom. The molecule has 0 aliphatic rings. The molecule has 0 aliphatic carbocycles. The van der Waals surface area contributed by atoms with Crippen LogP contribution in [-0.4, -0.2) is 21.0 Å². The van der Waals surface area contributed by atoms with Gasteiger partial charge in [0.2, 0.25) is 0 Å². The Morgan fingerprint density at radius 1 is 1.56 bits per heavy atom. The molecular weight excluding hydrogens is 222 g/mol. The van der Waals surface area contributed by atoms with Crippen LogP contribution in [0.25, 0.3) is 0 Å². The molecule has 84 valence electrons. The number of nitrogens with zero attached hydrogens (tertiary/aromatic N) is 1. The van der Waals surface area contributed by atoms with Crippen LogP contribution in [0, 0.1) is 11.8 Å². The van der Waals surface area contributed by atoms with Gasteiger partial charge in [-0.25, -0.2) is 4.98 Å². The number of aliphatic hydroxyl groups excluding tert-OH is 1. The first kappa shape index (κ1) is 12.8. The van der Waals surface area contributed by atoms with E-state index in [0.717, 1.165) is 11.3 Å². The summed E-state index contributed by atoms with van der Waals surface area (Å²) in [4.78, 5) is 14.7. The molecule has 0 aromatic carbocycles. The number of thioether (sulfide) groups is 1. The minimum absolute atomic E-state index is 0.00401. The molecule has 1 N–H and O–H groups in total.